The highest BCUT2D eigenvalue weighted by Crippen LogP contribution is 2.25. The summed E-state index contributed by atoms with van der Waals surface area (Å²) in [6.45, 7) is 11.8. The predicted molar refractivity (Wildman–Crippen MR) is 74.9 cm³/mol. The summed E-state index contributed by atoms with van der Waals surface area (Å²) in [5, 5.41) is 0. The van der Waals surface area contributed by atoms with Crippen LogP contribution < -0.4 is 5.73 Å². The van der Waals surface area contributed by atoms with E-state index < -0.39 is 8.32 Å². The van der Waals surface area contributed by atoms with Crippen molar-refractivity contribution in [3.8, 4) is 0 Å². The van der Waals surface area contributed by atoms with Crippen LogP contribution in [0.4, 0.5) is 0 Å². The second-order valence-electron chi connectivity index (χ2n) is 4.48. The van der Waals surface area contributed by atoms with Gasteiger partial charge in [0.15, 0.2) is 8.32 Å². The highest BCUT2D eigenvalue weighted by atomic mass is 28.4. The quantitative estimate of drug-likeness (QED) is 0.653. The van der Waals surface area contributed by atoms with Gasteiger partial charge in [-0.3, -0.25) is 0 Å². The summed E-state index contributed by atoms with van der Waals surface area (Å²) in [6, 6.07) is 3.59. The van der Waals surface area contributed by atoms with Crippen LogP contribution in [-0.2, 0) is 4.43 Å². The van der Waals surface area contributed by atoms with Crippen LogP contribution in [0.25, 0.3) is 0 Å². The standard InChI is InChI=1S/C13H29NOSi/c1-6-12(5)13(14)10-11-16(8-3,9-4)15-7-2/h6-11,14H2,1-5H3. The van der Waals surface area contributed by atoms with Crippen LogP contribution in [-0.4, -0.2) is 14.9 Å². The van der Waals surface area contributed by atoms with Crippen molar-refractivity contribution < 1.29 is 4.43 Å². The molecule has 3 heteroatoms. The van der Waals surface area contributed by atoms with Gasteiger partial charge in [-0.2, -0.15) is 0 Å². The zero-order valence-electron chi connectivity index (χ0n) is 11.7. The van der Waals surface area contributed by atoms with E-state index >= 15 is 0 Å². The van der Waals surface area contributed by atoms with Crippen molar-refractivity contribution in [2.45, 2.75) is 65.6 Å². The number of hydrogen-bond donors (Lipinski definition) is 1. The van der Waals surface area contributed by atoms with E-state index in [0.29, 0.717) is 0 Å². The lowest BCUT2D eigenvalue weighted by atomic mass is 10.1. The molecule has 0 rings (SSSR count). The van der Waals surface area contributed by atoms with Crippen molar-refractivity contribution >= 4 is 8.32 Å². The maximum Gasteiger partial charge on any atom is 0.192 e. The summed E-state index contributed by atoms with van der Waals surface area (Å²) in [4.78, 5) is 0. The average molecular weight is 243 g/mol. The Morgan fingerprint density at radius 1 is 1.12 bits per heavy atom. The topological polar surface area (TPSA) is 35.2 Å². The highest BCUT2D eigenvalue weighted by Gasteiger charge is 2.30. The van der Waals surface area contributed by atoms with Crippen molar-refractivity contribution in [2.75, 3.05) is 6.61 Å². The van der Waals surface area contributed by atoms with E-state index in [1.54, 1.807) is 0 Å². The summed E-state index contributed by atoms with van der Waals surface area (Å²) in [5.74, 6) is 0. The third kappa shape index (κ3) is 4.70. The molecule has 0 aromatic rings. The minimum Gasteiger partial charge on any atom is -0.417 e. The van der Waals surface area contributed by atoms with Gasteiger partial charge in [0.25, 0.3) is 0 Å². The average Bonchev–Trinajstić information content (AvgIpc) is 2.33. The van der Waals surface area contributed by atoms with Crippen LogP contribution in [0.15, 0.2) is 11.3 Å². The number of rotatable bonds is 8. The van der Waals surface area contributed by atoms with Gasteiger partial charge in [0.2, 0.25) is 0 Å². The Hall–Kier alpha value is -0.283. The molecule has 0 aromatic heterocycles. The first-order valence-corrected chi connectivity index (χ1v) is 9.16. The van der Waals surface area contributed by atoms with Crippen LogP contribution in [0.1, 0.15) is 47.5 Å². The Morgan fingerprint density at radius 3 is 2.06 bits per heavy atom. The normalized spacial score (nSPS) is 13.8. The molecule has 0 heterocycles. The van der Waals surface area contributed by atoms with E-state index in [4.69, 9.17) is 10.2 Å². The van der Waals surface area contributed by atoms with Gasteiger partial charge in [0.05, 0.1) is 0 Å². The van der Waals surface area contributed by atoms with Gasteiger partial charge in [-0.15, -0.1) is 0 Å². The van der Waals surface area contributed by atoms with Crippen LogP contribution in [0.5, 0.6) is 0 Å². The second-order valence-corrected chi connectivity index (χ2v) is 9.05. The molecule has 0 aliphatic rings. The molecule has 0 amide bonds. The van der Waals surface area contributed by atoms with E-state index in [2.05, 4.69) is 34.6 Å². The van der Waals surface area contributed by atoms with Crippen molar-refractivity contribution in [2.24, 2.45) is 5.73 Å². The molecule has 16 heavy (non-hydrogen) atoms. The molecule has 0 fully saturated rings. The second kappa shape index (κ2) is 7.90. The number of nitrogens with two attached hydrogens (primary N) is 1. The van der Waals surface area contributed by atoms with Crippen LogP contribution in [0, 0.1) is 0 Å². The van der Waals surface area contributed by atoms with Gasteiger partial charge in [-0.1, -0.05) is 26.3 Å². The lowest BCUT2D eigenvalue weighted by molar-refractivity contribution is 0.319. The molecule has 2 N–H and O–H groups in total. The predicted octanol–water partition coefficient (Wildman–Crippen LogP) is 4.04. The zero-order chi connectivity index (χ0) is 12.6. The maximum atomic E-state index is 6.09. The van der Waals surface area contributed by atoms with Gasteiger partial charge in [0.1, 0.15) is 0 Å². The monoisotopic (exact) mass is 243 g/mol. The first-order valence-electron chi connectivity index (χ1n) is 6.63. The number of allylic oxidation sites excluding steroid dienone is 2. The summed E-state index contributed by atoms with van der Waals surface area (Å²) >= 11 is 0. The van der Waals surface area contributed by atoms with Crippen LogP contribution in [0.2, 0.25) is 18.1 Å². The fraction of sp³-hybridized carbons (Fsp3) is 0.846. The minimum atomic E-state index is -1.48. The van der Waals surface area contributed by atoms with Gasteiger partial charge in [0, 0.05) is 12.3 Å². The molecule has 0 atom stereocenters. The minimum absolute atomic E-state index is 0.851. The Bertz CT molecular complexity index is 222. The molecule has 0 aromatic carbocycles. The van der Waals surface area contributed by atoms with Gasteiger partial charge < -0.3 is 10.2 Å². The molecular formula is C13H29NOSi. The SMILES string of the molecule is CCO[Si](CC)(CC)CCC(N)=C(C)CC. The van der Waals surface area contributed by atoms with E-state index in [-0.39, 0.29) is 0 Å². The van der Waals surface area contributed by atoms with E-state index in [1.165, 1.54) is 23.7 Å². The van der Waals surface area contributed by atoms with Crippen LogP contribution >= 0.6 is 0 Å². The van der Waals surface area contributed by atoms with E-state index in [0.717, 1.165) is 25.1 Å². The third-order valence-electron chi connectivity index (χ3n) is 3.67. The first kappa shape index (κ1) is 15.7. The van der Waals surface area contributed by atoms with E-state index in [1.807, 2.05) is 0 Å². The third-order valence-corrected chi connectivity index (χ3v) is 8.31. The number of hydrogen-bond acceptors (Lipinski definition) is 2. The maximum absolute atomic E-state index is 6.09. The van der Waals surface area contributed by atoms with E-state index in [9.17, 15) is 0 Å². The molecular weight excluding hydrogens is 214 g/mol. The molecule has 0 aliphatic heterocycles. The summed E-state index contributed by atoms with van der Waals surface area (Å²) in [7, 11) is -1.48. The molecule has 0 saturated heterocycles. The molecule has 2 nitrogen and oxygen atoms in total. The lowest BCUT2D eigenvalue weighted by Gasteiger charge is -2.29. The van der Waals surface area contributed by atoms with Crippen LogP contribution in [0.3, 0.4) is 0 Å². The molecule has 0 unspecified atom stereocenters. The first-order chi connectivity index (χ1) is 7.55. The van der Waals surface area contributed by atoms with Gasteiger partial charge >= 0.3 is 0 Å². The lowest BCUT2D eigenvalue weighted by Crippen LogP contribution is -2.36. The van der Waals surface area contributed by atoms with Gasteiger partial charge in [-0.25, -0.2) is 0 Å². The van der Waals surface area contributed by atoms with Gasteiger partial charge in [-0.05, 0) is 44.8 Å². The summed E-state index contributed by atoms with van der Waals surface area (Å²) in [5.41, 5.74) is 8.51. The Labute approximate surface area is 102 Å². The summed E-state index contributed by atoms with van der Waals surface area (Å²) < 4.78 is 6.05. The van der Waals surface area contributed by atoms with Crippen molar-refractivity contribution in [1.82, 2.24) is 0 Å². The Kier molecular flexibility index (Phi) is 7.76. The zero-order valence-corrected chi connectivity index (χ0v) is 12.7. The largest absolute Gasteiger partial charge is 0.417 e. The Morgan fingerprint density at radius 2 is 1.69 bits per heavy atom. The fourth-order valence-electron chi connectivity index (χ4n) is 1.99. The smallest absolute Gasteiger partial charge is 0.192 e. The molecule has 0 aliphatic carbocycles. The molecule has 0 spiro atoms. The fourth-order valence-corrected chi connectivity index (χ4v) is 5.09. The molecule has 0 bridgehead atoms. The van der Waals surface area contributed by atoms with Crippen molar-refractivity contribution in [3.05, 3.63) is 11.3 Å². The molecule has 0 saturated carbocycles. The van der Waals surface area contributed by atoms with Crippen molar-refractivity contribution in [1.29, 1.82) is 0 Å². The highest BCUT2D eigenvalue weighted by molar-refractivity contribution is 6.73. The molecule has 96 valence electrons. The summed E-state index contributed by atoms with van der Waals surface area (Å²) in [6.07, 6.45) is 2.08. The van der Waals surface area contributed by atoms with Crippen molar-refractivity contribution in [3.63, 3.8) is 0 Å². The Balaban J connectivity index is 4.43. The molecule has 0 radical (unpaired) electrons.